The van der Waals surface area contributed by atoms with Crippen LogP contribution in [0.15, 0.2) is 46.9 Å². The molecule has 122 valence electrons. The standard InChI is InChI=1S/C17H14BrF3IN/c18-13-3-6-15-12(9-13)7-8-23(10-17(19,20)21)16(15)11-1-4-14(22)5-2-11/h1-6,9,16H,7-8,10H2. The van der Waals surface area contributed by atoms with Crippen LogP contribution in [0.3, 0.4) is 0 Å². The molecule has 2 aromatic rings. The van der Waals surface area contributed by atoms with Gasteiger partial charge in [-0.05, 0) is 70.0 Å². The molecule has 23 heavy (non-hydrogen) atoms. The SMILES string of the molecule is FC(F)(F)CN1CCc2cc(Br)ccc2C1c1ccc(I)cc1. The molecular weight excluding hydrogens is 482 g/mol. The van der Waals surface area contributed by atoms with Gasteiger partial charge >= 0.3 is 6.18 Å². The summed E-state index contributed by atoms with van der Waals surface area (Å²) in [4.78, 5) is 1.53. The Morgan fingerprint density at radius 1 is 1.13 bits per heavy atom. The van der Waals surface area contributed by atoms with E-state index in [9.17, 15) is 13.2 Å². The highest BCUT2D eigenvalue weighted by molar-refractivity contribution is 14.1. The van der Waals surface area contributed by atoms with E-state index < -0.39 is 12.7 Å². The molecule has 1 unspecified atom stereocenters. The minimum absolute atomic E-state index is 0.356. The summed E-state index contributed by atoms with van der Waals surface area (Å²) in [7, 11) is 0. The van der Waals surface area contributed by atoms with Crippen LogP contribution in [-0.2, 0) is 6.42 Å². The highest BCUT2D eigenvalue weighted by atomic mass is 127. The fourth-order valence-corrected chi connectivity index (χ4v) is 3.85. The van der Waals surface area contributed by atoms with Crippen molar-refractivity contribution in [1.29, 1.82) is 0 Å². The lowest BCUT2D eigenvalue weighted by Gasteiger charge is -2.38. The number of rotatable bonds is 2. The number of fused-ring (bicyclic) bond motifs is 1. The average Bonchev–Trinajstić information content (AvgIpc) is 2.47. The van der Waals surface area contributed by atoms with Crippen LogP contribution in [0.2, 0.25) is 0 Å². The van der Waals surface area contributed by atoms with E-state index in [-0.39, 0.29) is 6.04 Å². The van der Waals surface area contributed by atoms with Gasteiger partial charge in [-0.3, -0.25) is 4.90 Å². The predicted molar refractivity (Wildman–Crippen MR) is 96.5 cm³/mol. The van der Waals surface area contributed by atoms with Crippen molar-refractivity contribution < 1.29 is 13.2 Å². The van der Waals surface area contributed by atoms with Gasteiger partial charge in [0.05, 0.1) is 12.6 Å². The summed E-state index contributed by atoms with van der Waals surface area (Å²) in [6.45, 7) is -0.487. The zero-order valence-corrected chi connectivity index (χ0v) is 15.8. The number of hydrogen-bond donors (Lipinski definition) is 0. The van der Waals surface area contributed by atoms with Gasteiger partial charge in [0.1, 0.15) is 0 Å². The number of alkyl halides is 3. The highest BCUT2D eigenvalue weighted by Crippen LogP contribution is 2.38. The summed E-state index contributed by atoms with van der Waals surface area (Å²) in [5.41, 5.74) is 2.98. The zero-order chi connectivity index (χ0) is 16.6. The largest absolute Gasteiger partial charge is 0.401 e. The smallest absolute Gasteiger partial charge is 0.283 e. The van der Waals surface area contributed by atoms with Crippen LogP contribution >= 0.6 is 38.5 Å². The summed E-state index contributed by atoms with van der Waals surface area (Å²) >= 11 is 5.64. The molecule has 0 spiro atoms. The molecule has 0 bridgehead atoms. The van der Waals surface area contributed by atoms with Gasteiger partial charge in [-0.2, -0.15) is 13.2 Å². The first-order chi connectivity index (χ1) is 10.8. The Hall–Kier alpha value is -0.600. The molecule has 1 aliphatic heterocycles. The van der Waals surface area contributed by atoms with Gasteiger partial charge < -0.3 is 0 Å². The first-order valence-corrected chi connectivity index (χ1v) is 9.05. The van der Waals surface area contributed by atoms with Crippen molar-refractivity contribution >= 4 is 38.5 Å². The third-order valence-corrected chi connectivity index (χ3v) is 5.21. The Bertz CT molecular complexity index is 700. The Morgan fingerprint density at radius 2 is 1.83 bits per heavy atom. The lowest BCUT2D eigenvalue weighted by Crippen LogP contribution is -2.41. The van der Waals surface area contributed by atoms with Crippen molar-refractivity contribution in [2.75, 3.05) is 13.1 Å². The van der Waals surface area contributed by atoms with E-state index in [2.05, 4.69) is 38.5 Å². The van der Waals surface area contributed by atoms with Gasteiger partial charge in [0.2, 0.25) is 0 Å². The summed E-state index contributed by atoms with van der Waals surface area (Å²) in [5, 5.41) is 0. The molecule has 0 saturated carbocycles. The topological polar surface area (TPSA) is 3.24 Å². The Labute approximate surface area is 155 Å². The van der Waals surface area contributed by atoms with Crippen molar-refractivity contribution in [2.45, 2.75) is 18.6 Å². The highest BCUT2D eigenvalue weighted by Gasteiger charge is 2.37. The fraction of sp³-hybridized carbons (Fsp3) is 0.294. The van der Waals surface area contributed by atoms with Crippen LogP contribution < -0.4 is 0 Å². The average molecular weight is 496 g/mol. The van der Waals surface area contributed by atoms with E-state index in [0.29, 0.717) is 13.0 Å². The van der Waals surface area contributed by atoms with Crippen molar-refractivity contribution in [2.24, 2.45) is 0 Å². The normalized spacial score (nSPS) is 18.7. The van der Waals surface area contributed by atoms with Crippen LogP contribution in [0.25, 0.3) is 0 Å². The zero-order valence-electron chi connectivity index (χ0n) is 12.1. The number of benzene rings is 2. The second-order valence-electron chi connectivity index (χ2n) is 5.63. The van der Waals surface area contributed by atoms with Crippen molar-refractivity contribution in [3.05, 3.63) is 67.2 Å². The van der Waals surface area contributed by atoms with Gasteiger partial charge in [0.25, 0.3) is 0 Å². The lowest BCUT2D eigenvalue weighted by molar-refractivity contribution is -0.150. The quantitative estimate of drug-likeness (QED) is 0.493. The minimum Gasteiger partial charge on any atom is -0.283 e. The monoisotopic (exact) mass is 495 g/mol. The minimum atomic E-state index is -4.20. The maximum absolute atomic E-state index is 13.0. The van der Waals surface area contributed by atoms with Crippen LogP contribution in [0.5, 0.6) is 0 Å². The molecular formula is C17H14BrF3IN. The summed E-state index contributed by atoms with van der Waals surface area (Å²) in [6, 6.07) is 13.2. The van der Waals surface area contributed by atoms with E-state index in [1.165, 1.54) is 4.90 Å². The molecule has 0 amide bonds. The van der Waals surface area contributed by atoms with E-state index in [1.807, 2.05) is 42.5 Å². The third kappa shape index (κ3) is 4.09. The van der Waals surface area contributed by atoms with Crippen LogP contribution in [-0.4, -0.2) is 24.2 Å². The van der Waals surface area contributed by atoms with Gasteiger partial charge in [-0.1, -0.05) is 34.1 Å². The Morgan fingerprint density at radius 3 is 2.48 bits per heavy atom. The van der Waals surface area contributed by atoms with E-state index in [0.717, 1.165) is 24.7 Å². The molecule has 0 N–H and O–H groups in total. The number of halogens is 5. The van der Waals surface area contributed by atoms with E-state index >= 15 is 0 Å². The molecule has 1 aliphatic rings. The molecule has 6 heteroatoms. The maximum Gasteiger partial charge on any atom is 0.401 e. The van der Waals surface area contributed by atoms with Gasteiger partial charge in [-0.15, -0.1) is 0 Å². The number of hydrogen-bond acceptors (Lipinski definition) is 1. The first kappa shape index (κ1) is 17.2. The van der Waals surface area contributed by atoms with Gasteiger partial charge in [0, 0.05) is 14.6 Å². The molecule has 2 aromatic carbocycles. The molecule has 0 radical (unpaired) electrons. The summed E-state index contributed by atoms with van der Waals surface area (Å²) in [6.07, 6.45) is -3.57. The van der Waals surface area contributed by atoms with Crippen molar-refractivity contribution in [3.63, 3.8) is 0 Å². The maximum atomic E-state index is 13.0. The third-order valence-electron chi connectivity index (χ3n) is 4.00. The Balaban J connectivity index is 2.05. The van der Waals surface area contributed by atoms with Crippen LogP contribution in [0.1, 0.15) is 22.7 Å². The Kier molecular flexibility index (Phi) is 5.04. The van der Waals surface area contributed by atoms with Crippen molar-refractivity contribution in [3.8, 4) is 0 Å². The molecule has 0 fully saturated rings. The molecule has 1 atom stereocenters. The first-order valence-electron chi connectivity index (χ1n) is 7.18. The molecule has 0 aliphatic carbocycles. The van der Waals surface area contributed by atoms with E-state index in [4.69, 9.17) is 0 Å². The fourth-order valence-electron chi connectivity index (χ4n) is 3.08. The van der Waals surface area contributed by atoms with E-state index in [1.54, 1.807) is 0 Å². The second-order valence-corrected chi connectivity index (χ2v) is 7.79. The molecule has 3 rings (SSSR count). The molecule has 0 aromatic heterocycles. The summed E-state index contributed by atoms with van der Waals surface area (Å²) in [5.74, 6) is 0. The van der Waals surface area contributed by atoms with Gasteiger partial charge in [-0.25, -0.2) is 0 Å². The lowest BCUT2D eigenvalue weighted by atomic mass is 9.88. The predicted octanol–water partition coefficient (Wildman–Crippen LogP) is 5.56. The summed E-state index contributed by atoms with van der Waals surface area (Å²) < 4.78 is 41.0. The number of nitrogens with zero attached hydrogens (tertiary/aromatic N) is 1. The molecule has 1 nitrogen and oxygen atoms in total. The second kappa shape index (κ2) is 6.72. The van der Waals surface area contributed by atoms with Crippen LogP contribution in [0, 0.1) is 3.57 Å². The molecule has 0 saturated heterocycles. The van der Waals surface area contributed by atoms with Crippen molar-refractivity contribution in [1.82, 2.24) is 4.90 Å². The van der Waals surface area contributed by atoms with Gasteiger partial charge in [0.15, 0.2) is 0 Å². The van der Waals surface area contributed by atoms with Crippen LogP contribution in [0.4, 0.5) is 13.2 Å². The molecule has 1 heterocycles.